The largest absolute Gasteiger partial charge is 0.497 e. The van der Waals surface area contributed by atoms with Gasteiger partial charge in [0.25, 0.3) is 5.91 Å². The summed E-state index contributed by atoms with van der Waals surface area (Å²) in [6.07, 6.45) is 1.54. The lowest BCUT2D eigenvalue weighted by Crippen LogP contribution is -2.34. The lowest BCUT2D eigenvalue weighted by molar-refractivity contribution is -0.131. The SMILES string of the molecule is COc1ccc(C2=NO[C@H](C(=O)NCc3ccccn3)C2)cc1. The molecule has 1 amide bonds. The van der Waals surface area contributed by atoms with E-state index in [1.54, 1.807) is 13.3 Å². The Morgan fingerprint density at radius 1 is 1.30 bits per heavy atom. The van der Waals surface area contributed by atoms with E-state index in [9.17, 15) is 4.79 Å². The highest BCUT2D eigenvalue weighted by atomic mass is 16.6. The second-order valence-corrected chi connectivity index (χ2v) is 5.10. The number of hydrogen-bond acceptors (Lipinski definition) is 5. The summed E-state index contributed by atoms with van der Waals surface area (Å²) in [7, 11) is 1.62. The molecule has 0 fully saturated rings. The van der Waals surface area contributed by atoms with Crippen molar-refractivity contribution in [2.45, 2.75) is 19.1 Å². The molecule has 1 atom stereocenters. The van der Waals surface area contributed by atoms with Crippen LogP contribution in [-0.2, 0) is 16.2 Å². The maximum Gasteiger partial charge on any atom is 0.264 e. The molecule has 3 rings (SSSR count). The molecule has 1 N–H and O–H groups in total. The van der Waals surface area contributed by atoms with Crippen LogP contribution >= 0.6 is 0 Å². The second-order valence-electron chi connectivity index (χ2n) is 5.10. The van der Waals surface area contributed by atoms with Crippen molar-refractivity contribution < 1.29 is 14.4 Å². The minimum absolute atomic E-state index is 0.192. The fourth-order valence-corrected chi connectivity index (χ4v) is 2.27. The van der Waals surface area contributed by atoms with Crippen LogP contribution in [0.2, 0.25) is 0 Å². The van der Waals surface area contributed by atoms with E-state index in [1.165, 1.54) is 0 Å². The van der Waals surface area contributed by atoms with E-state index in [0.717, 1.165) is 22.7 Å². The van der Waals surface area contributed by atoms with E-state index in [1.807, 2.05) is 42.5 Å². The molecule has 1 aliphatic heterocycles. The number of rotatable bonds is 5. The summed E-state index contributed by atoms with van der Waals surface area (Å²) < 4.78 is 5.12. The molecule has 2 aromatic rings. The Morgan fingerprint density at radius 2 is 2.13 bits per heavy atom. The van der Waals surface area contributed by atoms with Crippen molar-refractivity contribution in [1.29, 1.82) is 0 Å². The van der Waals surface area contributed by atoms with Gasteiger partial charge >= 0.3 is 0 Å². The van der Waals surface area contributed by atoms with Crippen molar-refractivity contribution in [1.82, 2.24) is 10.3 Å². The lowest BCUT2D eigenvalue weighted by atomic mass is 10.0. The number of aromatic nitrogens is 1. The fraction of sp³-hybridized carbons (Fsp3) is 0.235. The molecule has 1 aromatic heterocycles. The molecule has 0 unspecified atom stereocenters. The van der Waals surface area contributed by atoms with E-state index in [-0.39, 0.29) is 5.91 Å². The molecule has 0 saturated carbocycles. The number of nitrogens with one attached hydrogen (secondary N) is 1. The van der Waals surface area contributed by atoms with Crippen LogP contribution in [0.25, 0.3) is 0 Å². The van der Waals surface area contributed by atoms with Crippen molar-refractivity contribution in [3.63, 3.8) is 0 Å². The maximum absolute atomic E-state index is 12.1. The van der Waals surface area contributed by atoms with E-state index in [4.69, 9.17) is 9.57 Å². The monoisotopic (exact) mass is 311 g/mol. The highest BCUT2D eigenvalue weighted by Gasteiger charge is 2.28. The van der Waals surface area contributed by atoms with Gasteiger partial charge in [-0.15, -0.1) is 0 Å². The van der Waals surface area contributed by atoms with Crippen LogP contribution in [-0.4, -0.2) is 29.8 Å². The van der Waals surface area contributed by atoms with Crippen LogP contribution in [0.4, 0.5) is 0 Å². The minimum atomic E-state index is -0.601. The van der Waals surface area contributed by atoms with Gasteiger partial charge in [0.1, 0.15) is 5.75 Å². The van der Waals surface area contributed by atoms with Gasteiger partial charge in [0.2, 0.25) is 6.10 Å². The Labute approximate surface area is 134 Å². The van der Waals surface area contributed by atoms with Crippen LogP contribution in [0.5, 0.6) is 5.75 Å². The van der Waals surface area contributed by atoms with E-state index < -0.39 is 6.10 Å². The maximum atomic E-state index is 12.1. The molecule has 23 heavy (non-hydrogen) atoms. The number of amides is 1. The van der Waals surface area contributed by atoms with Gasteiger partial charge in [-0.1, -0.05) is 11.2 Å². The van der Waals surface area contributed by atoms with Crippen molar-refractivity contribution >= 4 is 11.6 Å². The van der Waals surface area contributed by atoms with Gasteiger partial charge in [-0.3, -0.25) is 9.78 Å². The average molecular weight is 311 g/mol. The minimum Gasteiger partial charge on any atom is -0.497 e. The molecule has 6 nitrogen and oxygen atoms in total. The van der Waals surface area contributed by atoms with Crippen LogP contribution in [0.3, 0.4) is 0 Å². The van der Waals surface area contributed by atoms with Gasteiger partial charge in [-0.05, 0) is 42.0 Å². The number of pyridine rings is 1. The average Bonchev–Trinajstić information content (AvgIpc) is 3.11. The molecule has 1 aliphatic rings. The van der Waals surface area contributed by atoms with Crippen molar-refractivity contribution in [2.24, 2.45) is 5.16 Å². The van der Waals surface area contributed by atoms with Gasteiger partial charge < -0.3 is 14.9 Å². The van der Waals surface area contributed by atoms with Gasteiger partial charge in [0, 0.05) is 12.6 Å². The van der Waals surface area contributed by atoms with E-state index in [2.05, 4.69) is 15.5 Å². The van der Waals surface area contributed by atoms with Gasteiger partial charge in [-0.2, -0.15) is 0 Å². The molecule has 0 bridgehead atoms. The zero-order chi connectivity index (χ0) is 16.1. The van der Waals surface area contributed by atoms with Crippen LogP contribution in [0.15, 0.2) is 53.8 Å². The molecule has 6 heteroatoms. The van der Waals surface area contributed by atoms with Gasteiger partial charge in [0.15, 0.2) is 0 Å². The number of ether oxygens (including phenoxy) is 1. The highest BCUT2D eigenvalue weighted by molar-refractivity contribution is 6.04. The predicted molar refractivity (Wildman–Crippen MR) is 85.1 cm³/mol. The number of nitrogens with zero attached hydrogens (tertiary/aromatic N) is 2. The molecule has 0 spiro atoms. The lowest BCUT2D eigenvalue weighted by Gasteiger charge is -2.09. The molecule has 1 aromatic carbocycles. The summed E-state index contributed by atoms with van der Waals surface area (Å²) in [5.74, 6) is 0.584. The first-order valence-electron chi connectivity index (χ1n) is 7.31. The van der Waals surface area contributed by atoms with Crippen LogP contribution in [0.1, 0.15) is 17.7 Å². The number of hydrogen-bond donors (Lipinski definition) is 1. The van der Waals surface area contributed by atoms with Crippen molar-refractivity contribution in [2.75, 3.05) is 7.11 Å². The summed E-state index contributed by atoms with van der Waals surface area (Å²) >= 11 is 0. The summed E-state index contributed by atoms with van der Waals surface area (Å²) in [4.78, 5) is 21.5. The summed E-state index contributed by atoms with van der Waals surface area (Å²) in [6.45, 7) is 0.372. The van der Waals surface area contributed by atoms with Crippen molar-refractivity contribution in [3.8, 4) is 5.75 Å². The number of carbonyl (C=O) groups excluding carboxylic acids is 1. The topological polar surface area (TPSA) is 72.8 Å². The third-order valence-electron chi connectivity index (χ3n) is 3.55. The molecule has 0 aliphatic carbocycles. The molecule has 0 radical (unpaired) electrons. The summed E-state index contributed by atoms with van der Waals surface area (Å²) in [6, 6.07) is 13.1. The Morgan fingerprint density at radius 3 is 2.83 bits per heavy atom. The van der Waals surface area contributed by atoms with Crippen LogP contribution < -0.4 is 10.1 Å². The smallest absolute Gasteiger partial charge is 0.264 e. The Balaban J connectivity index is 1.54. The van der Waals surface area contributed by atoms with Crippen molar-refractivity contribution in [3.05, 3.63) is 59.9 Å². The number of oxime groups is 1. The molecule has 2 heterocycles. The zero-order valence-electron chi connectivity index (χ0n) is 12.7. The number of carbonyl (C=O) groups is 1. The Kier molecular flexibility index (Phi) is 4.52. The second kappa shape index (κ2) is 6.91. The summed E-state index contributed by atoms with van der Waals surface area (Å²) in [5.41, 5.74) is 2.48. The third-order valence-corrected chi connectivity index (χ3v) is 3.55. The van der Waals surface area contributed by atoms with Gasteiger partial charge in [-0.25, -0.2) is 0 Å². The molecular weight excluding hydrogens is 294 g/mol. The molecular formula is C17H17N3O3. The van der Waals surface area contributed by atoms with Gasteiger partial charge in [0.05, 0.1) is 25.1 Å². The van der Waals surface area contributed by atoms with Crippen LogP contribution in [0, 0.1) is 0 Å². The van der Waals surface area contributed by atoms with E-state index in [0.29, 0.717) is 13.0 Å². The highest BCUT2D eigenvalue weighted by Crippen LogP contribution is 2.19. The number of methoxy groups -OCH3 is 1. The Bertz CT molecular complexity index is 699. The van der Waals surface area contributed by atoms with E-state index >= 15 is 0 Å². The third kappa shape index (κ3) is 3.66. The first kappa shape index (κ1) is 15.0. The molecule has 0 saturated heterocycles. The first-order valence-corrected chi connectivity index (χ1v) is 7.31. The zero-order valence-corrected chi connectivity index (χ0v) is 12.7. The predicted octanol–water partition coefficient (Wildman–Crippen LogP) is 1.90. The Hall–Kier alpha value is -2.89. The molecule has 118 valence electrons. The first-order chi connectivity index (χ1) is 11.3. The number of benzene rings is 1. The quantitative estimate of drug-likeness (QED) is 0.915. The normalized spacial score (nSPS) is 16.4. The summed E-state index contributed by atoms with van der Waals surface area (Å²) in [5, 5.41) is 6.83. The standard InChI is InChI=1S/C17H17N3O3/c1-22-14-7-5-12(6-8-14)15-10-16(23-20-15)17(21)19-11-13-4-2-3-9-18-13/h2-9,16H,10-11H2,1H3,(H,19,21)/t16-/m0/s1. The fourth-order valence-electron chi connectivity index (χ4n) is 2.27.